The van der Waals surface area contributed by atoms with Crippen LogP contribution in [0.3, 0.4) is 0 Å². The molecule has 2 aromatic rings. The van der Waals surface area contributed by atoms with Crippen molar-refractivity contribution in [3.8, 4) is 16.9 Å². The molecule has 1 atom stereocenters. The Morgan fingerprint density at radius 1 is 0.474 bits per heavy atom. The highest BCUT2D eigenvalue weighted by Gasteiger charge is 2.07. The van der Waals surface area contributed by atoms with Crippen LogP contribution in [0.5, 0.6) is 5.75 Å². The molecule has 2 heteroatoms. The molecule has 0 amide bonds. The van der Waals surface area contributed by atoms with Gasteiger partial charge in [0.2, 0.25) is 0 Å². The number of hydrogen-bond donors (Lipinski definition) is 0. The Bertz CT molecular complexity index is 780. The maximum absolute atomic E-state index is 6.12. The molecule has 0 saturated heterocycles. The second kappa shape index (κ2) is 22.1. The van der Waals surface area contributed by atoms with Gasteiger partial charge in [0.1, 0.15) is 5.75 Å². The van der Waals surface area contributed by atoms with Gasteiger partial charge in [0.25, 0.3) is 0 Å². The Hall–Kier alpha value is -1.80. The summed E-state index contributed by atoms with van der Waals surface area (Å²) < 4.78 is 12.1. The monoisotopic (exact) mass is 522 g/mol. The molecule has 0 fully saturated rings. The van der Waals surface area contributed by atoms with Gasteiger partial charge in [-0.3, -0.25) is 0 Å². The number of unbranched alkanes of at least 4 members (excludes halogenated alkanes) is 16. The van der Waals surface area contributed by atoms with Crippen molar-refractivity contribution in [3.05, 3.63) is 54.1 Å². The summed E-state index contributed by atoms with van der Waals surface area (Å²) in [4.78, 5) is 0. The lowest BCUT2D eigenvalue weighted by Gasteiger charge is -2.14. The van der Waals surface area contributed by atoms with Crippen molar-refractivity contribution < 1.29 is 9.47 Å². The van der Waals surface area contributed by atoms with Crippen LogP contribution in [0.2, 0.25) is 0 Å². The predicted molar refractivity (Wildman–Crippen MR) is 166 cm³/mol. The molecule has 0 bridgehead atoms. The Morgan fingerprint density at radius 3 is 1.34 bits per heavy atom. The van der Waals surface area contributed by atoms with E-state index in [0.717, 1.165) is 25.4 Å². The van der Waals surface area contributed by atoms with Gasteiger partial charge in [0.15, 0.2) is 0 Å². The van der Waals surface area contributed by atoms with E-state index in [4.69, 9.17) is 9.47 Å². The van der Waals surface area contributed by atoms with Gasteiger partial charge in [-0.05, 0) is 48.6 Å². The van der Waals surface area contributed by atoms with Crippen molar-refractivity contribution in [2.24, 2.45) is 0 Å². The molecule has 0 saturated carbocycles. The molecular weight excluding hydrogens is 464 g/mol. The Labute approximate surface area is 235 Å². The molecule has 0 aliphatic rings. The normalized spacial score (nSPS) is 12.1. The molecule has 2 nitrogen and oxygen atoms in total. The Balaban J connectivity index is 1.57. The van der Waals surface area contributed by atoms with Crippen LogP contribution in [0.1, 0.15) is 148 Å². The van der Waals surface area contributed by atoms with E-state index in [9.17, 15) is 0 Å². The summed E-state index contributed by atoms with van der Waals surface area (Å²) in [6.45, 7) is 8.41. The van der Waals surface area contributed by atoms with Gasteiger partial charge in [0, 0.05) is 6.61 Å². The van der Waals surface area contributed by atoms with Gasteiger partial charge in [-0.25, -0.2) is 0 Å². The highest BCUT2D eigenvalue weighted by Crippen LogP contribution is 2.26. The van der Waals surface area contributed by atoms with E-state index in [1.807, 2.05) is 0 Å². The van der Waals surface area contributed by atoms with E-state index >= 15 is 0 Å². The fourth-order valence-electron chi connectivity index (χ4n) is 5.06. The van der Waals surface area contributed by atoms with Crippen LogP contribution in [0.4, 0.5) is 0 Å². The minimum absolute atomic E-state index is 0.148. The third kappa shape index (κ3) is 15.0. The quantitative estimate of drug-likeness (QED) is 0.128. The number of ether oxygens (including phenoxy) is 2. The van der Waals surface area contributed by atoms with E-state index in [0.29, 0.717) is 0 Å². The highest BCUT2D eigenvalue weighted by atomic mass is 16.5. The van der Waals surface area contributed by atoms with Gasteiger partial charge in [-0.1, -0.05) is 153 Å². The molecule has 0 N–H and O–H groups in total. The second-order valence-corrected chi connectivity index (χ2v) is 11.2. The van der Waals surface area contributed by atoms with Crippen molar-refractivity contribution in [1.82, 2.24) is 0 Å². The highest BCUT2D eigenvalue weighted by molar-refractivity contribution is 5.64. The Kier molecular flexibility index (Phi) is 18.8. The average Bonchev–Trinajstić information content (AvgIpc) is 2.95. The van der Waals surface area contributed by atoms with Crippen molar-refractivity contribution in [2.45, 2.75) is 142 Å². The molecule has 1 unspecified atom stereocenters. The van der Waals surface area contributed by atoms with Crippen LogP contribution in [0.15, 0.2) is 48.5 Å². The zero-order valence-corrected chi connectivity index (χ0v) is 25.2. The molecule has 0 aliphatic heterocycles. The lowest BCUT2D eigenvalue weighted by Crippen LogP contribution is -2.01. The van der Waals surface area contributed by atoms with Crippen molar-refractivity contribution >= 4 is 0 Å². The van der Waals surface area contributed by atoms with E-state index in [2.05, 4.69) is 69.3 Å². The molecule has 0 heterocycles. The minimum atomic E-state index is 0.148. The summed E-state index contributed by atoms with van der Waals surface area (Å²) in [7, 11) is 0. The van der Waals surface area contributed by atoms with Crippen LogP contribution in [0.25, 0.3) is 11.1 Å². The summed E-state index contributed by atoms with van der Waals surface area (Å²) in [6.07, 6.45) is 24.4. The summed E-state index contributed by atoms with van der Waals surface area (Å²) in [5, 5.41) is 0. The van der Waals surface area contributed by atoms with Gasteiger partial charge in [-0.2, -0.15) is 0 Å². The van der Waals surface area contributed by atoms with E-state index < -0.39 is 0 Å². The van der Waals surface area contributed by atoms with Crippen LogP contribution >= 0.6 is 0 Å². The zero-order valence-electron chi connectivity index (χ0n) is 25.2. The molecule has 38 heavy (non-hydrogen) atoms. The SMILES string of the molecule is CCCCCCCCCCCOc1ccc(-c2ccc(C(C)OCCCCCCCCCCC)cc2)cc1. The lowest BCUT2D eigenvalue weighted by molar-refractivity contribution is 0.0627. The summed E-state index contributed by atoms with van der Waals surface area (Å²) >= 11 is 0. The fraction of sp³-hybridized carbons (Fsp3) is 0.667. The topological polar surface area (TPSA) is 18.5 Å². The molecule has 0 aromatic heterocycles. The predicted octanol–water partition coefficient (Wildman–Crippen LogP) is 11.9. The largest absolute Gasteiger partial charge is 0.494 e. The summed E-state index contributed by atoms with van der Waals surface area (Å²) in [5.41, 5.74) is 3.73. The molecule has 2 aromatic carbocycles. The van der Waals surface area contributed by atoms with Gasteiger partial charge in [-0.15, -0.1) is 0 Å². The first-order valence-electron chi connectivity index (χ1n) is 16.2. The molecule has 0 radical (unpaired) electrons. The lowest BCUT2D eigenvalue weighted by atomic mass is 10.0. The van der Waals surface area contributed by atoms with Crippen molar-refractivity contribution in [2.75, 3.05) is 13.2 Å². The van der Waals surface area contributed by atoms with E-state index in [1.165, 1.54) is 126 Å². The molecule has 2 rings (SSSR count). The van der Waals surface area contributed by atoms with Gasteiger partial charge in [0.05, 0.1) is 12.7 Å². The second-order valence-electron chi connectivity index (χ2n) is 11.2. The minimum Gasteiger partial charge on any atom is -0.494 e. The van der Waals surface area contributed by atoms with Gasteiger partial charge >= 0.3 is 0 Å². The van der Waals surface area contributed by atoms with E-state index in [-0.39, 0.29) is 6.10 Å². The molecular formula is C36H58O2. The standard InChI is InChI=1S/C36H58O2/c1-4-6-8-10-12-14-16-18-20-30-37-32(3)33-22-24-34(25-23-33)35-26-28-36(29-27-35)38-31-21-19-17-15-13-11-9-7-5-2/h22-29,32H,4-21,30-31H2,1-3H3. The molecule has 214 valence electrons. The van der Waals surface area contributed by atoms with Gasteiger partial charge < -0.3 is 9.47 Å². The third-order valence-electron chi connectivity index (χ3n) is 7.70. The number of hydrogen-bond acceptors (Lipinski definition) is 2. The number of rotatable bonds is 24. The average molecular weight is 523 g/mol. The van der Waals surface area contributed by atoms with Crippen LogP contribution in [-0.4, -0.2) is 13.2 Å². The summed E-state index contributed by atoms with van der Waals surface area (Å²) in [6, 6.07) is 17.4. The first-order chi connectivity index (χ1) is 18.7. The maximum Gasteiger partial charge on any atom is 0.119 e. The molecule has 0 spiro atoms. The number of benzene rings is 2. The maximum atomic E-state index is 6.12. The Morgan fingerprint density at radius 2 is 0.868 bits per heavy atom. The van der Waals surface area contributed by atoms with Crippen molar-refractivity contribution in [3.63, 3.8) is 0 Å². The first-order valence-corrected chi connectivity index (χ1v) is 16.2. The summed E-state index contributed by atoms with van der Waals surface area (Å²) in [5.74, 6) is 0.975. The zero-order chi connectivity index (χ0) is 27.1. The van der Waals surface area contributed by atoms with Crippen LogP contribution < -0.4 is 4.74 Å². The van der Waals surface area contributed by atoms with Crippen molar-refractivity contribution in [1.29, 1.82) is 0 Å². The fourth-order valence-corrected chi connectivity index (χ4v) is 5.06. The smallest absolute Gasteiger partial charge is 0.119 e. The molecule has 0 aliphatic carbocycles. The van der Waals surface area contributed by atoms with Crippen LogP contribution in [-0.2, 0) is 4.74 Å². The van der Waals surface area contributed by atoms with Crippen LogP contribution in [0, 0.1) is 0 Å². The third-order valence-corrected chi connectivity index (χ3v) is 7.70. The van der Waals surface area contributed by atoms with E-state index in [1.54, 1.807) is 0 Å². The first kappa shape index (κ1) is 32.4.